The fourth-order valence-corrected chi connectivity index (χ4v) is 5.66. The number of amides is 1. The van der Waals surface area contributed by atoms with Crippen LogP contribution in [0.5, 0.6) is 0 Å². The molecule has 1 aliphatic heterocycles. The van der Waals surface area contributed by atoms with Crippen LogP contribution in [0.2, 0.25) is 5.02 Å². The van der Waals surface area contributed by atoms with Gasteiger partial charge in [0.25, 0.3) is 5.91 Å². The quantitative estimate of drug-likeness (QED) is 0.194. The van der Waals surface area contributed by atoms with E-state index in [1.54, 1.807) is 24.4 Å². The molecule has 2 N–H and O–H groups in total. The first kappa shape index (κ1) is 29.3. The fraction of sp³-hybridized carbons (Fsp3) is 0.143. The summed E-state index contributed by atoms with van der Waals surface area (Å²) in [5.74, 6) is 0.345. The minimum atomic E-state index is -4.50. The first-order chi connectivity index (χ1) is 21.3. The molecule has 6 rings (SSSR count). The van der Waals surface area contributed by atoms with E-state index in [0.717, 1.165) is 28.3 Å². The molecule has 0 radical (unpaired) electrons. The molecule has 1 aliphatic rings. The Balaban J connectivity index is 1.28. The summed E-state index contributed by atoms with van der Waals surface area (Å²) in [5, 5.41) is 6.65. The highest BCUT2D eigenvalue weighted by Gasteiger charge is 2.34. The summed E-state index contributed by atoms with van der Waals surface area (Å²) >= 11 is 6.09. The van der Waals surface area contributed by atoms with Crippen molar-refractivity contribution in [1.82, 2.24) is 10.3 Å². The Morgan fingerprint density at radius 3 is 2.27 bits per heavy atom. The van der Waals surface area contributed by atoms with Crippen molar-refractivity contribution in [3.05, 3.63) is 148 Å². The summed E-state index contributed by atoms with van der Waals surface area (Å²) in [6.45, 7) is 1.02. The zero-order chi connectivity index (χ0) is 30.7. The van der Waals surface area contributed by atoms with Gasteiger partial charge in [-0.2, -0.15) is 13.2 Å². The number of carbonyl (C=O) groups excluding carboxylic acids is 1. The van der Waals surface area contributed by atoms with E-state index < -0.39 is 11.7 Å². The summed E-state index contributed by atoms with van der Waals surface area (Å²) in [6, 6.07) is 32.0. The lowest BCUT2D eigenvalue weighted by molar-refractivity contribution is -0.138. The molecular formula is C35H28ClF3N4O. The van der Waals surface area contributed by atoms with E-state index in [1.165, 1.54) is 12.1 Å². The number of benzene rings is 4. The third-order valence-electron chi connectivity index (χ3n) is 7.62. The molecule has 2 heterocycles. The number of hydrogen-bond donors (Lipinski definition) is 2. The second-order valence-corrected chi connectivity index (χ2v) is 11.0. The molecule has 0 bridgehead atoms. The first-order valence-corrected chi connectivity index (χ1v) is 14.5. The number of halogens is 4. The summed E-state index contributed by atoms with van der Waals surface area (Å²) in [7, 11) is 0. The molecule has 0 fully saturated rings. The van der Waals surface area contributed by atoms with Gasteiger partial charge in [0.05, 0.1) is 17.3 Å². The molecule has 1 amide bonds. The number of rotatable bonds is 7. The van der Waals surface area contributed by atoms with E-state index in [9.17, 15) is 18.0 Å². The highest BCUT2D eigenvalue weighted by molar-refractivity contribution is 6.30. The van der Waals surface area contributed by atoms with Gasteiger partial charge >= 0.3 is 6.18 Å². The zero-order valence-corrected chi connectivity index (χ0v) is 24.2. The molecule has 0 aliphatic carbocycles. The third-order valence-corrected chi connectivity index (χ3v) is 7.85. The molecule has 0 atom stereocenters. The van der Waals surface area contributed by atoms with Gasteiger partial charge in [-0.15, -0.1) is 0 Å². The molecule has 9 heteroatoms. The molecule has 1 aromatic heterocycles. The summed E-state index contributed by atoms with van der Waals surface area (Å²) in [5.41, 5.74) is 3.93. The number of carbonyl (C=O) groups is 1. The standard InChI is InChI=1S/C35H28ClF3N4O/c36-29-14-15-30(35(37,38)39)28(19-29)22-43-17-16-40-33-31(43)20-27(21-41-33)25-12-7-13-26(18-25)34(44)42-32(23-8-3-1-4-9-23)24-10-5-2-6-11-24/h1-15,18-21,32H,16-17,22H2,(H,40,41)(H,42,44). The molecule has 0 unspecified atom stereocenters. The van der Waals surface area contributed by atoms with E-state index in [-0.39, 0.29) is 29.1 Å². The van der Waals surface area contributed by atoms with Crippen LogP contribution in [0.15, 0.2) is 115 Å². The number of fused-ring (bicyclic) bond motifs is 1. The summed E-state index contributed by atoms with van der Waals surface area (Å²) < 4.78 is 41.3. The smallest absolute Gasteiger partial charge is 0.367 e. The molecule has 0 saturated carbocycles. The largest absolute Gasteiger partial charge is 0.416 e. The highest BCUT2D eigenvalue weighted by atomic mass is 35.5. The Bertz CT molecular complexity index is 1740. The van der Waals surface area contributed by atoms with Crippen molar-refractivity contribution in [3.8, 4) is 11.1 Å². The maximum Gasteiger partial charge on any atom is 0.416 e. The molecule has 44 heavy (non-hydrogen) atoms. The van der Waals surface area contributed by atoms with Crippen molar-refractivity contribution >= 4 is 29.0 Å². The highest BCUT2D eigenvalue weighted by Crippen LogP contribution is 2.37. The van der Waals surface area contributed by atoms with Gasteiger partial charge < -0.3 is 15.5 Å². The van der Waals surface area contributed by atoms with Crippen molar-refractivity contribution < 1.29 is 18.0 Å². The van der Waals surface area contributed by atoms with Gasteiger partial charge in [-0.1, -0.05) is 84.4 Å². The number of anilines is 2. The number of aromatic nitrogens is 1. The second kappa shape index (κ2) is 12.4. The monoisotopic (exact) mass is 612 g/mol. The van der Waals surface area contributed by atoms with E-state index >= 15 is 0 Å². The number of pyridine rings is 1. The molecule has 4 aromatic carbocycles. The van der Waals surface area contributed by atoms with Crippen molar-refractivity contribution in [2.45, 2.75) is 18.8 Å². The number of nitrogens with one attached hydrogen (secondary N) is 2. The van der Waals surface area contributed by atoms with Crippen LogP contribution in [0.1, 0.15) is 38.7 Å². The van der Waals surface area contributed by atoms with Gasteiger partial charge in [0.15, 0.2) is 0 Å². The van der Waals surface area contributed by atoms with Gasteiger partial charge in [0, 0.05) is 42.0 Å². The Labute approximate surface area is 258 Å². The number of hydrogen-bond acceptors (Lipinski definition) is 4. The summed E-state index contributed by atoms with van der Waals surface area (Å²) in [6.07, 6.45) is -2.80. The second-order valence-electron chi connectivity index (χ2n) is 10.5. The van der Waals surface area contributed by atoms with Crippen LogP contribution in [-0.2, 0) is 12.7 Å². The SMILES string of the molecule is O=C(NC(c1ccccc1)c1ccccc1)c1cccc(-c2cnc3c(c2)N(Cc2cc(Cl)ccc2C(F)(F)F)CCN3)c1. The third kappa shape index (κ3) is 6.40. The van der Waals surface area contributed by atoms with E-state index in [0.29, 0.717) is 30.2 Å². The maximum absolute atomic E-state index is 13.8. The molecule has 0 saturated heterocycles. The average Bonchev–Trinajstić information content (AvgIpc) is 3.04. The topological polar surface area (TPSA) is 57.3 Å². The minimum Gasteiger partial charge on any atom is -0.367 e. The van der Waals surface area contributed by atoms with Crippen LogP contribution in [0.25, 0.3) is 11.1 Å². The van der Waals surface area contributed by atoms with E-state index in [4.69, 9.17) is 11.6 Å². The van der Waals surface area contributed by atoms with Gasteiger partial charge in [0.2, 0.25) is 0 Å². The number of nitrogens with zero attached hydrogens (tertiary/aromatic N) is 2. The van der Waals surface area contributed by atoms with E-state index in [2.05, 4.69) is 15.6 Å². The molecule has 5 aromatic rings. The maximum atomic E-state index is 13.8. The lowest BCUT2D eigenvalue weighted by Gasteiger charge is -2.32. The van der Waals surface area contributed by atoms with Gasteiger partial charge in [-0.05, 0) is 58.7 Å². The average molecular weight is 613 g/mol. The van der Waals surface area contributed by atoms with Crippen LogP contribution in [-0.4, -0.2) is 24.0 Å². The van der Waals surface area contributed by atoms with Crippen molar-refractivity contribution in [3.63, 3.8) is 0 Å². The fourth-order valence-electron chi connectivity index (χ4n) is 5.46. The Morgan fingerprint density at radius 2 is 1.59 bits per heavy atom. The predicted molar refractivity (Wildman–Crippen MR) is 168 cm³/mol. The van der Waals surface area contributed by atoms with E-state index in [1.807, 2.05) is 77.7 Å². The predicted octanol–water partition coefficient (Wildman–Crippen LogP) is 8.37. The Kier molecular flexibility index (Phi) is 8.26. The zero-order valence-electron chi connectivity index (χ0n) is 23.5. The Morgan fingerprint density at radius 1 is 0.886 bits per heavy atom. The van der Waals surface area contributed by atoms with Crippen LogP contribution in [0.3, 0.4) is 0 Å². The van der Waals surface area contributed by atoms with Crippen molar-refractivity contribution in [1.29, 1.82) is 0 Å². The van der Waals surface area contributed by atoms with Crippen LogP contribution < -0.4 is 15.5 Å². The normalized spacial score (nSPS) is 12.9. The lowest BCUT2D eigenvalue weighted by atomic mass is 9.98. The van der Waals surface area contributed by atoms with Gasteiger partial charge in [0.1, 0.15) is 5.82 Å². The molecule has 222 valence electrons. The van der Waals surface area contributed by atoms with Gasteiger partial charge in [-0.3, -0.25) is 4.79 Å². The van der Waals surface area contributed by atoms with Crippen molar-refractivity contribution in [2.24, 2.45) is 0 Å². The molecule has 0 spiro atoms. The first-order valence-electron chi connectivity index (χ1n) is 14.1. The molecule has 5 nitrogen and oxygen atoms in total. The van der Waals surface area contributed by atoms with Gasteiger partial charge in [-0.25, -0.2) is 4.98 Å². The summed E-state index contributed by atoms with van der Waals surface area (Å²) in [4.78, 5) is 20.0. The minimum absolute atomic E-state index is 0.0119. The molecular weight excluding hydrogens is 585 g/mol. The van der Waals surface area contributed by atoms with Crippen LogP contribution in [0.4, 0.5) is 24.7 Å². The van der Waals surface area contributed by atoms with Crippen molar-refractivity contribution in [2.75, 3.05) is 23.3 Å². The van der Waals surface area contributed by atoms with Crippen LogP contribution >= 0.6 is 11.6 Å². The Hall–Kier alpha value is -4.82. The number of alkyl halides is 3. The lowest BCUT2D eigenvalue weighted by Crippen LogP contribution is -2.34. The van der Waals surface area contributed by atoms with Crippen LogP contribution in [0, 0.1) is 0 Å².